The Hall–Kier alpha value is -1.14. The van der Waals surface area contributed by atoms with Crippen LogP contribution in [0.5, 0.6) is 0 Å². The third-order valence-electron chi connectivity index (χ3n) is 2.84. The summed E-state index contributed by atoms with van der Waals surface area (Å²) in [5.41, 5.74) is 7.46. The van der Waals surface area contributed by atoms with E-state index in [4.69, 9.17) is 5.73 Å². The van der Waals surface area contributed by atoms with Crippen molar-refractivity contribution in [2.45, 2.75) is 19.3 Å². The molecule has 2 aromatic rings. The molecule has 0 saturated carbocycles. The Bertz CT molecular complexity index is 549. The molecule has 122 valence electrons. The number of hydrogen-bond donors (Lipinski definition) is 2. The third-order valence-corrected chi connectivity index (χ3v) is 3.74. The van der Waals surface area contributed by atoms with Crippen LogP contribution >= 0.6 is 36.2 Å². The van der Waals surface area contributed by atoms with Crippen molar-refractivity contribution < 1.29 is 4.79 Å². The summed E-state index contributed by atoms with van der Waals surface area (Å²) in [7, 11) is 0. The molecule has 1 heterocycles. The van der Waals surface area contributed by atoms with Crippen molar-refractivity contribution in [3.63, 3.8) is 0 Å². The van der Waals surface area contributed by atoms with E-state index in [2.05, 4.69) is 22.4 Å². The number of rotatable bonds is 7. The van der Waals surface area contributed by atoms with Crippen molar-refractivity contribution in [1.82, 2.24) is 10.3 Å². The van der Waals surface area contributed by atoms with E-state index in [0.29, 0.717) is 19.5 Å². The highest BCUT2D eigenvalue weighted by Crippen LogP contribution is 2.15. The van der Waals surface area contributed by atoms with Gasteiger partial charge < -0.3 is 11.1 Å². The van der Waals surface area contributed by atoms with Crippen LogP contribution in [0.3, 0.4) is 0 Å². The zero-order chi connectivity index (χ0) is 14.2. The van der Waals surface area contributed by atoms with Crippen LogP contribution in [-0.4, -0.2) is 24.0 Å². The summed E-state index contributed by atoms with van der Waals surface area (Å²) in [5, 5.41) is 5.84. The third kappa shape index (κ3) is 7.22. The van der Waals surface area contributed by atoms with Gasteiger partial charge in [0.05, 0.1) is 17.1 Å². The molecule has 7 heteroatoms. The van der Waals surface area contributed by atoms with Gasteiger partial charge in [-0.3, -0.25) is 4.79 Å². The summed E-state index contributed by atoms with van der Waals surface area (Å²) in [6, 6.07) is 10.2. The van der Waals surface area contributed by atoms with Crippen LogP contribution in [-0.2, 0) is 17.6 Å². The molecule has 0 radical (unpaired) electrons. The monoisotopic (exact) mass is 361 g/mol. The number of thiazole rings is 1. The average molecular weight is 362 g/mol. The summed E-state index contributed by atoms with van der Waals surface area (Å²) in [6.07, 6.45) is 1.97. The molecule has 1 aromatic carbocycles. The fourth-order valence-corrected chi connectivity index (χ4v) is 2.67. The Balaban J connectivity index is 0.00000220. The highest BCUT2D eigenvalue weighted by molar-refractivity contribution is 7.09. The summed E-state index contributed by atoms with van der Waals surface area (Å²) in [4.78, 5) is 16.2. The van der Waals surface area contributed by atoms with Crippen LogP contribution in [0.25, 0.3) is 0 Å². The highest BCUT2D eigenvalue weighted by Gasteiger charge is 2.07. The van der Waals surface area contributed by atoms with Crippen molar-refractivity contribution in [2.75, 3.05) is 13.1 Å². The fraction of sp³-hybridized carbons (Fsp3) is 0.333. The van der Waals surface area contributed by atoms with Crippen LogP contribution in [0.4, 0.5) is 0 Å². The lowest BCUT2D eigenvalue weighted by Gasteiger charge is -2.02. The minimum atomic E-state index is 0. The SMILES string of the molecule is Cl.Cl.NCCCNC(=O)Cc1csc(Cc2ccccc2)n1. The van der Waals surface area contributed by atoms with Crippen molar-refractivity contribution >= 4 is 42.1 Å². The molecule has 0 aliphatic carbocycles. The number of carbonyl (C=O) groups excluding carboxylic acids is 1. The molecule has 0 unspecified atom stereocenters. The first-order valence-corrected chi connectivity index (χ1v) is 7.60. The van der Waals surface area contributed by atoms with Gasteiger partial charge in [-0.15, -0.1) is 36.2 Å². The number of aromatic nitrogens is 1. The molecule has 2 rings (SSSR count). The van der Waals surface area contributed by atoms with Gasteiger partial charge in [0.15, 0.2) is 0 Å². The number of amides is 1. The summed E-state index contributed by atoms with van der Waals surface area (Å²) < 4.78 is 0. The summed E-state index contributed by atoms with van der Waals surface area (Å²) in [6.45, 7) is 1.23. The van der Waals surface area contributed by atoms with E-state index >= 15 is 0 Å². The smallest absolute Gasteiger partial charge is 0.226 e. The summed E-state index contributed by atoms with van der Waals surface area (Å²) >= 11 is 1.60. The van der Waals surface area contributed by atoms with Crippen molar-refractivity contribution in [1.29, 1.82) is 0 Å². The molecule has 0 aliphatic rings. The second-order valence-corrected chi connectivity index (χ2v) is 5.51. The maximum absolute atomic E-state index is 11.7. The van der Waals surface area contributed by atoms with Crippen molar-refractivity contribution in [2.24, 2.45) is 5.73 Å². The first-order chi connectivity index (χ1) is 9.78. The van der Waals surface area contributed by atoms with Crippen LogP contribution in [0.1, 0.15) is 22.7 Å². The highest BCUT2D eigenvalue weighted by atomic mass is 35.5. The maximum atomic E-state index is 11.7. The minimum absolute atomic E-state index is 0. The Kier molecular flexibility index (Phi) is 10.8. The van der Waals surface area contributed by atoms with Gasteiger partial charge in [0, 0.05) is 18.3 Å². The zero-order valence-electron chi connectivity index (χ0n) is 12.2. The van der Waals surface area contributed by atoms with Crippen molar-refractivity contribution in [3.05, 3.63) is 52.0 Å². The molecule has 0 aliphatic heterocycles. The van der Waals surface area contributed by atoms with Gasteiger partial charge in [-0.2, -0.15) is 0 Å². The van der Waals surface area contributed by atoms with Gasteiger partial charge >= 0.3 is 0 Å². The lowest BCUT2D eigenvalue weighted by atomic mass is 10.2. The van der Waals surface area contributed by atoms with Crippen LogP contribution in [0.15, 0.2) is 35.7 Å². The molecule has 0 bridgehead atoms. The molecule has 1 aromatic heterocycles. The molecule has 0 spiro atoms. The number of carbonyl (C=O) groups is 1. The molecule has 1 amide bonds. The first-order valence-electron chi connectivity index (χ1n) is 6.72. The van der Waals surface area contributed by atoms with Gasteiger partial charge in [0.2, 0.25) is 5.91 Å². The van der Waals surface area contributed by atoms with E-state index in [1.165, 1.54) is 5.56 Å². The largest absolute Gasteiger partial charge is 0.356 e. The maximum Gasteiger partial charge on any atom is 0.226 e. The second kappa shape index (κ2) is 11.4. The topological polar surface area (TPSA) is 68.0 Å². The molecular formula is C15H21Cl2N3OS. The molecular weight excluding hydrogens is 341 g/mol. The fourth-order valence-electron chi connectivity index (χ4n) is 1.84. The van der Waals surface area contributed by atoms with Crippen molar-refractivity contribution in [3.8, 4) is 0 Å². The lowest BCUT2D eigenvalue weighted by molar-refractivity contribution is -0.120. The van der Waals surface area contributed by atoms with E-state index in [-0.39, 0.29) is 30.7 Å². The van der Waals surface area contributed by atoms with E-state index < -0.39 is 0 Å². The van der Waals surface area contributed by atoms with Gasteiger partial charge in [0.1, 0.15) is 0 Å². The number of benzene rings is 1. The predicted octanol–water partition coefficient (Wildman–Crippen LogP) is 2.59. The molecule has 0 fully saturated rings. The standard InChI is InChI=1S/C15H19N3OS.2ClH/c16-7-4-8-17-14(19)10-13-11-20-15(18-13)9-12-5-2-1-3-6-12;;/h1-3,5-6,11H,4,7-10,16H2,(H,17,19);2*1H. The van der Waals surface area contributed by atoms with E-state index in [1.54, 1.807) is 11.3 Å². The van der Waals surface area contributed by atoms with Gasteiger partial charge in [-0.05, 0) is 18.5 Å². The normalized spacial score (nSPS) is 9.50. The van der Waals surface area contributed by atoms with Crippen LogP contribution in [0.2, 0.25) is 0 Å². The Morgan fingerprint density at radius 3 is 2.64 bits per heavy atom. The van der Waals surface area contributed by atoms with Crippen LogP contribution in [0, 0.1) is 0 Å². The molecule has 0 saturated heterocycles. The predicted molar refractivity (Wildman–Crippen MR) is 96.2 cm³/mol. The molecule has 3 N–H and O–H groups in total. The van der Waals surface area contributed by atoms with Gasteiger partial charge in [0.25, 0.3) is 0 Å². The van der Waals surface area contributed by atoms with E-state index in [1.807, 2.05) is 23.6 Å². The van der Waals surface area contributed by atoms with Gasteiger partial charge in [-0.25, -0.2) is 4.98 Å². The average Bonchev–Trinajstić information content (AvgIpc) is 2.87. The minimum Gasteiger partial charge on any atom is -0.356 e. The Morgan fingerprint density at radius 2 is 1.95 bits per heavy atom. The Morgan fingerprint density at radius 1 is 1.23 bits per heavy atom. The molecule has 22 heavy (non-hydrogen) atoms. The van der Waals surface area contributed by atoms with Crippen LogP contribution < -0.4 is 11.1 Å². The zero-order valence-corrected chi connectivity index (χ0v) is 14.6. The van der Waals surface area contributed by atoms with Gasteiger partial charge in [-0.1, -0.05) is 30.3 Å². The number of halogens is 2. The lowest BCUT2D eigenvalue weighted by Crippen LogP contribution is -2.27. The number of nitrogens with one attached hydrogen (secondary N) is 1. The Labute approximate surface area is 147 Å². The number of nitrogens with zero attached hydrogens (tertiary/aromatic N) is 1. The first kappa shape index (κ1) is 20.9. The van der Waals surface area contributed by atoms with E-state index in [0.717, 1.165) is 23.5 Å². The summed E-state index contributed by atoms with van der Waals surface area (Å²) in [5.74, 6) is 0.00927. The molecule has 0 atom stereocenters. The second-order valence-electron chi connectivity index (χ2n) is 4.56. The molecule has 4 nitrogen and oxygen atoms in total. The number of hydrogen-bond acceptors (Lipinski definition) is 4. The quantitative estimate of drug-likeness (QED) is 0.744. The number of nitrogens with two attached hydrogens (primary N) is 1. The van der Waals surface area contributed by atoms with E-state index in [9.17, 15) is 4.79 Å².